The molecule has 0 heterocycles. The van der Waals surface area contributed by atoms with E-state index in [1.54, 1.807) is 24.3 Å². The van der Waals surface area contributed by atoms with Crippen LogP contribution in [0.15, 0.2) is 36.4 Å². The summed E-state index contributed by atoms with van der Waals surface area (Å²) in [6.45, 7) is 0. The zero-order valence-corrected chi connectivity index (χ0v) is 12.5. The predicted octanol–water partition coefficient (Wildman–Crippen LogP) is 4.24. The number of benzene rings is 2. The van der Waals surface area contributed by atoms with E-state index in [2.05, 4.69) is 0 Å². The molecule has 10 heteroatoms. The lowest BCUT2D eigenvalue weighted by atomic mass is 10.1. The molecule has 2 aromatic carbocycles. The van der Waals surface area contributed by atoms with Crippen LogP contribution >= 0.6 is 11.6 Å². The number of nitro groups is 3. The number of hydrogen-bond acceptors (Lipinski definition) is 6. The van der Waals surface area contributed by atoms with Gasteiger partial charge in [-0.3, -0.25) is 30.3 Å². The largest absolute Gasteiger partial charge is 0.290 e. The Morgan fingerprint density at radius 1 is 0.792 bits per heavy atom. The fourth-order valence-corrected chi connectivity index (χ4v) is 2.07. The second kappa shape index (κ2) is 6.84. The Balaban J connectivity index is 2.61. The molecule has 0 atom stereocenters. The van der Waals surface area contributed by atoms with E-state index in [0.717, 1.165) is 0 Å². The molecule has 0 N–H and O–H groups in total. The average Bonchev–Trinajstić information content (AvgIpc) is 2.53. The van der Waals surface area contributed by atoms with E-state index in [4.69, 9.17) is 11.6 Å². The zero-order chi connectivity index (χ0) is 17.9. The molecule has 2 aromatic rings. The molecule has 0 aliphatic rings. The highest BCUT2D eigenvalue weighted by molar-refractivity contribution is 6.30. The van der Waals surface area contributed by atoms with Crippen molar-refractivity contribution in [2.45, 2.75) is 0 Å². The van der Waals surface area contributed by atoms with Gasteiger partial charge in [0.1, 0.15) is 5.56 Å². The zero-order valence-electron chi connectivity index (χ0n) is 11.8. The number of nitro benzene ring substituents is 3. The molecule has 122 valence electrons. The second-order valence-electron chi connectivity index (χ2n) is 4.55. The minimum Gasteiger partial charge on any atom is -0.258 e. The van der Waals surface area contributed by atoms with Gasteiger partial charge >= 0.3 is 0 Å². The molecule has 0 amide bonds. The van der Waals surface area contributed by atoms with Crippen molar-refractivity contribution in [2.24, 2.45) is 0 Å². The van der Waals surface area contributed by atoms with Crippen LogP contribution in [0.1, 0.15) is 11.1 Å². The van der Waals surface area contributed by atoms with Gasteiger partial charge in [-0.15, -0.1) is 0 Å². The minimum absolute atomic E-state index is 0.328. The lowest BCUT2D eigenvalue weighted by molar-refractivity contribution is -0.403. The van der Waals surface area contributed by atoms with Gasteiger partial charge in [0.15, 0.2) is 0 Å². The van der Waals surface area contributed by atoms with Crippen molar-refractivity contribution in [3.63, 3.8) is 0 Å². The van der Waals surface area contributed by atoms with Gasteiger partial charge in [-0.1, -0.05) is 29.8 Å². The normalized spacial score (nSPS) is 10.7. The number of non-ortho nitro benzene ring substituents is 1. The van der Waals surface area contributed by atoms with Gasteiger partial charge in [0.25, 0.3) is 17.1 Å². The van der Waals surface area contributed by atoms with Crippen LogP contribution in [0.5, 0.6) is 0 Å². The minimum atomic E-state index is -0.924. The van der Waals surface area contributed by atoms with Crippen LogP contribution in [0.2, 0.25) is 5.02 Å². The van der Waals surface area contributed by atoms with Crippen molar-refractivity contribution in [3.05, 3.63) is 82.9 Å². The van der Waals surface area contributed by atoms with Gasteiger partial charge in [-0.2, -0.15) is 0 Å². The summed E-state index contributed by atoms with van der Waals surface area (Å²) in [6, 6.07) is 7.77. The van der Waals surface area contributed by atoms with Crippen molar-refractivity contribution in [1.29, 1.82) is 0 Å². The van der Waals surface area contributed by atoms with Crippen LogP contribution in [0.3, 0.4) is 0 Å². The van der Waals surface area contributed by atoms with E-state index in [9.17, 15) is 30.3 Å². The van der Waals surface area contributed by atoms with Crippen molar-refractivity contribution in [1.82, 2.24) is 0 Å². The first-order chi connectivity index (χ1) is 11.3. The molecule has 0 aliphatic carbocycles. The highest BCUT2D eigenvalue weighted by atomic mass is 35.5. The van der Waals surface area contributed by atoms with Gasteiger partial charge in [0, 0.05) is 5.02 Å². The van der Waals surface area contributed by atoms with Crippen molar-refractivity contribution >= 4 is 40.8 Å². The van der Waals surface area contributed by atoms with E-state index in [1.807, 2.05) is 0 Å². The maximum absolute atomic E-state index is 11.1. The lowest BCUT2D eigenvalue weighted by Gasteiger charge is -2.01. The quantitative estimate of drug-likeness (QED) is 0.451. The van der Waals surface area contributed by atoms with Crippen LogP contribution in [-0.2, 0) is 0 Å². The van der Waals surface area contributed by atoms with Crippen LogP contribution in [-0.4, -0.2) is 14.8 Å². The predicted molar refractivity (Wildman–Crippen MR) is 86.8 cm³/mol. The van der Waals surface area contributed by atoms with E-state index in [0.29, 0.717) is 22.7 Å². The van der Waals surface area contributed by atoms with E-state index in [-0.39, 0.29) is 5.56 Å². The molecule has 24 heavy (non-hydrogen) atoms. The average molecular weight is 350 g/mol. The molecule has 0 aromatic heterocycles. The fourth-order valence-electron chi connectivity index (χ4n) is 1.94. The van der Waals surface area contributed by atoms with Crippen molar-refractivity contribution < 1.29 is 14.8 Å². The Kier molecular flexibility index (Phi) is 4.85. The summed E-state index contributed by atoms with van der Waals surface area (Å²) in [5.41, 5.74) is -1.90. The van der Waals surface area contributed by atoms with Crippen molar-refractivity contribution in [2.75, 3.05) is 0 Å². The number of rotatable bonds is 5. The van der Waals surface area contributed by atoms with Gasteiger partial charge in [0.2, 0.25) is 0 Å². The summed E-state index contributed by atoms with van der Waals surface area (Å²) >= 11 is 5.74. The highest BCUT2D eigenvalue weighted by Crippen LogP contribution is 2.35. The van der Waals surface area contributed by atoms with E-state index in [1.165, 1.54) is 12.2 Å². The maximum Gasteiger partial charge on any atom is 0.290 e. The molecular formula is C14H8ClN3O6. The number of hydrogen-bond donors (Lipinski definition) is 0. The first-order valence-corrected chi connectivity index (χ1v) is 6.72. The molecule has 0 aliphatic heterocycles. The highest BCUT2D eigenvalue weighted by Gasteiger charge is 2.28. The smallest absolute Gasteiger partial charge is 0.258 e. The summed E-state index contributed by atoms with van der Waals surface area (Å²) in [4.78, 5) is 30.3. The van der Waals surface area contributed by atoms with Gasteiger partial charge in [-0.25, -0.2) is 0 Å². The van der Waals surface area contributed by atoms with Crippen molar-refractivity contribution in [3.8, 4) is 0 Å². The molecular weight excluding hydrogens is 342 g/mol. The fraction of sp³-hybridized carbons (Fsp3) is 0. The molecule has 2 rings (SSSR count). The molecule has 0 bridgehead atoms. The topological polar surface area (TPSA) is 129 Å². The molecule has 0 saturated heterocycles. The Hall–Kier alpha value is -3.33. The number of nitrogens with zero attached hydrogens (tertiary/aromatic N) is 3. The standard InChI is InChI=1S/C14H8ClN3O6/c15-10-4-1-9(2-5-10)3-6-12-13(17(21)22)7-11(16(19)20)8-14(12)18(23)24/h1-8H. The van der Waals surface area contributed by atoms with Crippen LogP contribution < -0.4 is 0 Å². The molecule has 0 unspecified atom stereocenters. The summed E-state index contributed by atoms with van der Waals surface area (Å²) in [5, 5.41) is 33.6. The second-order valence-corrected chi connectivity index (χ2v) is 4.99. The Morgan fingerprint density at radius 3 is 1.71 bits per heavy atom. The van der Waals surface area contributed by atoms with Gasteiger partial charge < -0.3 is 0 Å². The number of halogens is 1. The summed E-state index contributed by atoms with van der Waals surface area (Å²) in [5.74, 6) is 0. The molecule has 0 spiro atoms. The summed E-state index contributed by atoms with van der Waals surface area (Å²) in [7, 11) is 0. The van der Waals surface area contributed by atoms with Crippen LogP contribution in [0, 0.1) is 30.3 Å². The van der Waals surface area contributed by atoms with Crippen LogP contribution in [0.25, 0.3) is 12.2 Å². The first kappa shape index (κ1) is 17.0. The first-order valence-electron chi connectivity index (χ1n) is 6.34. The lowest BCUT2D eigenvalue weighted by Crippen LogP contribution is -2.00. The summed E-state index contributed by atoms with van der Waals surface area (Å²) in [6.07, 6.45) is 2.58. The van der Waals surface area contributed by atoms with E-state index >= 15 is 0 Å². The molecule has 9 nitrogen and oxygen atoms in total. The Morgan fingerprint density at radius 2 is 1.29 bits per heavy atom. The third-order valence-electron chi connectivity index (χ3n) is 3.04. The van der Waals surface area contributed by atoms with E-state index < -0.39 is 31.8 Å². The molecule has 0 radical (unpaired) electrons. The molecule has 0 saturated carbocycles. The Bertz CT molecular complexity index is 828. The monoisotopic (exact) mass is 349 g/mol. The third-order valence-corrected chi connectivity index (χ3v) is 3.29. The maximum atomic E-state index is 11.1. The third kappa shape index (κ3) is 3.70. The summed E-state index contributed by atoms with van der Waals surface area (Å²) < 4.78 is 0. The molecule has 0 fully saturated rings. The van der Waals surface area contributed by atoms with Crippen LogP contribution in [0.4, 0.5) is 17.1 Å². The SMILES string of the molecule is O=[N+]([O-])c1cc([N+](=O)[O-])c(C=Cc2ccc(Cl)cc2)c([N+](=O)[O-])c1. The van der Waals surface area contributed by atoms with Gasteiger partial charge in [-0.05, 0) is 23.8 Å². The Labute approximate surface area is 139 Å². The van der Waals surface area contributed by atoms with Gasteiger partial charge in [0.05, 0.1) is 26.9 Å².